The van der Waals surface area contributed by atoms with E-state index in [0.717, 1.165) is 30.6 Å². The molecule has 0 spiro atoms. The Morgan fingerprint density at radius 3 is 2.09 bits per heavy atom. The van der Waals surface area contributed by atoms with Crippen LogP contribution in [0.4, 0.5) is 56.6 Å². The van der Waals surface area contributed by atoms with Crippen molar-refractivity contribution in [1.29, 1.82) is 0 Å². The van der Waals surface area contributed by atoms with Gasteiger partial charge in [-0.3, -0.25) is 14.4 Å². The largest absolute Gasteiger partial charge is 0.471 e. The molecule has 1 aliphatic rings. The number of amides is 3. The molecule has 240 valence electrons. The van der Waals surface area contributed by atoms with Crippen LogP contribution < -0.4 is 15.5 Å². The summed E-state index contributed by atoms with van der Waals surface area (Å²) < 4.78 is 118. The molecule has 2 N–H and O–H groups in total. The average molecular weight is 707 g/mol. The van der Waals surface area contributed by atoms with Gasteiger partial charge in [0.25, 0.3) is 5.91 Å². The number of benzene rings is 3. The average Bonchev–Trinajstić information content (AvgIpc) is 3.51. The number of hydrogen-bond donors (Lipinski definition) is 2. The number of carbonyl (C=O) groups is 3. The van der Waals surface area contributed by atoms with E-state index in [2.05, 4.69) is 5.32 Å². The molecule has 1 fully saturated rings. The molecule has 0 aliphatic heterocycles. The topological polar surface area (TPSA) is 78.5 Å². The standard InChI is InChI=1S/C27H15Cl3F9N3O3/c1-42(17-7-6-16(32)21(20(17)33)41-24(45)27(37,38)39)23(44)12-9-11(3-4-14(12)28)40-22(43)19-18(25(19,29)30)10-2-5-15(31)13(8-10)26(34,35)36/h2-9,18-19H,1H3,(H,40,43)(H,41,45)/t18-,19+/m0/s1. The summed E-state index contributed by atoms with van der Waals surface area (Å²) >= 11 is 18.5. The van der Waals surface area contributed by atoms with E-state index in [4.69, 9.17) is 34.8 Å². The Morgan fingerprint density at radius 2 is 1.49 bits per heavy atom. The van der Waals surface area contributed by atoms with E-state index < -0.39 is 86.2 Å². The number of alkyl halides is 8. The monoisotopic (exact) mass is 705 g/mol. The zero-order valence-corrected chi connectivity index (χ0v) is 24.2. The van der Waals surface area contributed by atoms with Gasteiger partial charge in [0.15, 0.2) is 5.82 Å². The lowest BCUT2D eigenvalue weighted by Gasteiger charge is -2.21. The fourth-order valence-corrected chi connectivity index (χ4v) is 5.42. The molecule has 0 bridgehead atoms. The Bertz CT molecular complexity index is 1710. The van der Waals surface area contributed by atoms with E-state index in [1.165, 1.54) is 6.07 Å². The summed E-state index contributed by atoms with van der Waals surface area (Å²) in [5.74, 6) is -12.0. The van der Waals surface area contributed by atoms with Crippen LogP contribution >= 0.6 is 34.8 Å². The minimum atomic E-state index is -5.48. The first-order chi connectivity index (χ1) is 20.7. The number of nitrogens with one attached hydrogen (secondary N) is 2. The number of hydrogen-bond acceptors (Lipinski definition) is 3. The van der Waals surface area contributed by atoms with Crippen LogP contribution in [-0.2, 0) is 15.8 Å². The third-order valence-corrected chi connectivity index (χ3v) is 7.96. The Kier molecular flexibility index (Phi) is 9.05. The lowest BCUT2D eigenvalue weighted by atomic mass is 10.0. The van der Waals surface area contributed by atoms with E-state index in [1.54, 1.807) is 0 Å². The van der Waals surface area contributed by atoms with Gasteiger partial charge in [-0.25, -0.2) is 13.2 Å². The van der Waals surface area contributed by atoms with E-state index >= 15 is 4.39 Å². The number of carbonyl (C=O) groups excluding carboxylic acids is 3. The Hall–Kier alpha value is -3.69. The van der Waals surface area contributed by atoms with Crippen molar-refractivity contribution in [2.24, 2.45) is 5.92 Å². The van der Waals surface area contributed by atoms with Gasteiger partial charge >= 0.3 is 18.3 Å². The normalized spacial score (nSPS) is 17.4. The number of halogens is 12. The van der Waals surface area contributed by atoms with E-state index in [-0.39, 0.29) is 16.3 Å². The number of anilines is 3. The van der Waals surface area contributed by atoms with Gasteiger partial charge in [-0.1, -0.05) is 17.7 Å². The molecular formula is C27H15Cl3F9N3O3. The molecular weight excluding hydrogens is 692 g/mol. The first-order valence-corrected chi connectivity index (χ1v) is 13.3. The molecule has 18 heteroatoms. The van der Waals surface area contributed by atoms with Crippen molar-refractivity contribution in [3.63, 3.8) is 0 Å². The quantitative estimate of drug-likeness (QED) is 0.201. The van der Waals surface area contributed by atoms with Crippen LogP contribution in [0.15, 0.2) is 48.5 Å². The zero-order chi connectivity index (χ0) is 33.8. The second-order valence-corrected chi connectivity index (χ2v) is 11.5. The molecule has 0 unspecified atom stereocenters. The van der Waals surface area contributed by atoms with Gasteiger partial charge in [0, 0.05) is 18.7 Å². The summed E-state index contributed by atoms with van der Waals surface area (Å²) in [7, 11) is 0.956. The van der Waals surface area contributed by atoms with Crippen LogP contribution in [0.2, 0.25) is 5.02 Å². The fourth-order valence-electron chi connectivity index (χ4n) is 4.40. The molecule has 0 aromatic heterocycles. The minimum Gasteiger partial charge on any atom is -0.326 e. The van der Waals surface area contributed by atoms with Crippen LogP contribution in [0.1, 0.15) is 27.4 Å². The molecule has 1 aliphatic carbocycles. The van der Waals surface area contributed by atoms with Crippen molar-refractivity contribution in [3.8, 4) is 0 Å². The lowest BCUT2D eigenvalue weighted by Crippen LogP contribution is -2.32. The predicted octanol–water partition coefficient (Wildman–Crippen LogP) is 8.08. The highest BCUT2D eigenvalue weighted by molar-refractivity contribution is 6.53. The fraction of sp³-hybridized carbons (Fsp3) is 0.222. The molecule has 2 atom stereocenters. The van der Waals surface area contributed by atoms with Crippen molar-refractivity contribution in [2.45, 2.75) is 22.6 Å². The molecule has 45 heavy (non-hydrogen) atoms. The summed E-state index contributed by atoms with van der Waals surface area (Å²) in [6, 6.07) is 6.58. The maximum atomic E-state index is 15.0. The van der Waals surface area contributed by atoms with Crippen molar-refractivity contribution in [1.82, 2.24) is 0 Å². The third-order valence-electron chi connectivity index (χ3n) is 6.69. The van der Waals surface area contributed by atoms with Gasteiger partial charge in [0.05, 0.1) is 27.8 Å². The maximum absolute atomic E-state index is 15.0. The minimum absolute atomic E-state index is 0.122. The molecule has 0 heterocycles. The van der Waals surface area contributed by atoms with Crippen LogP contribution in [0.25, 0.3) is 0 Å². The van der Waals surface area contributed by atoms with Crippen molar-refractivity contribution in [2.75, 3.05) is 22.6 Å². The summed E-state index contributed by atoms with van der Waals surface area (Å²) in [5.41, 5.74) is -4.53. The number of rotatable bonds is 6. The highest BCUT2D eigenvalue weighted by Gasteiger charge is 2.67. The summed E-state index contributed by atoms with van der Waals surface area (Å²) in [6.07, 6.45) is -10.5. The number of nitrogens with zero attached hydrogens (tertiary/aromatic N) is 1. The molecule has 3 amide bonds. The highest BCUT2D eigenvalue weighted by Crippen LogP contribution is 2.65. The van der Waals surface area contributed by atoms with Crippen LogP contribution in [0.5, 0.6) is 0 Å². The Morgan fingerprint density at radius 1 is 0.867 bits per heavy atom. The molecule has 1 saturated carbocycles. The van der Waals surface area contributed by atoms with Gasteiger partial charge in [0.1, 0.15) is 21.7 Å². The molecule has 4 rings (SSSR count). The van der Waals surface area contributed by atoms with Gasteiger partial charge in [0.2, 0.25) is 5.91 Å². The van der Waals surface area contributed by atoms with Crippen molar-refractivity contribution in [3.05, 3.63) is 87.7 Å². The van der Waals surface area contributed by atoms with Gasteiger partial charge in [-0.15, -0.1) is 23.2 Å². The van der Waals surface area contributed by atoms with E-state index in [1.807, 2.05) is 0 Å². The molecule has 3 aromatic rings. The van der Waals surface area contributed by atoms with Gasteiger partial charge < -0.3 is 15.5 Å². The molecule has 0 radical (unpaired) electrons. The maximum Gasteiger partial charge on any atom is 0.471 e. The second-order valence-electron chi connectivity index (χ2n) is 9.62. The predicted molar refractivity (Wildman–Crippen MR) is 146 cm³/mol. The SMILES string of the molecule is CN(C(=O)c1cc(NC(=O)[C@H]2[C@H](c3ccc(F)c(C(F)(F)F)c3)C2(Cl)Cl)ccc1Cl)c1ccc(F)c(NC(=O)C(F)(F)F)c1F. The lowest BCUT2D eigenvalue weighted by molar-refractivity contribution is -0.167. The van der Waals surface area contributed by atoms with Crippen LogP contribution in [0, 0.1) is 23.4 Å². The van der Waals surface area contributed by atoms with Gasteiger partial charge in [-0.2, -0.15) is 26.3 Å². The van der Waals surface area contributed by atoms with Crippen LogP contribution in [-0.4, -0.2) is 35.3 Å². The molecule has 6 nitrogen and oxygen atoms in total. The van der Waals surface area contributed by atoms with Crippen LogP contribution in [0.3, 0.4) is 0 Å². The smallest absolute Gasteiger partial charge is 0.326 e. The van der Waals surface area contributed by atoms with E-state index in [0.29, 0.717) is 29.2 Å². The first kappa shape index (κ1) is 34.2. The molecule has 3 aromatic carbocycles. The molecule has 0 saturated heterocycles. The van der Waals surface area contributed by atoms with E-state index in [9.17, 15) is 49.5 Å². The summed E-state index contributed by atoms with van der Waals surface area (Å²) in [4.78, 5) is 38.0. The first-order valence-electron chi connectivity index (χ1n) is 12.1. The zero-order valence-electron chi connectivity index (χ0n) is 22.0. The van der Waals surface area contributed by atoms with Gasteiger partial charge in [-0.05, 0) is 48.0 Å². The summed E-state index contributed by atoms with van der Waals surface area (Å²) in [5, 5.41) is 3.18. The van der Waals surface area contributed by atoms with Crippen molar-refractivity contribution >= 4 is 69.6 Å². The Labute approximate surface area is 262 Å². The highest BCUT2D eigenvalue weighted by atomic mass is 35.5. The third kappa shape index (κ3) is 6.79. The Balaban J connectivity index is 1.57. The van der Waals surface area contributed by atoms with Crippen molar-refractivity contribution < 1.29 is 53.9 Å². The second kappa shape index (κ2) is 11.9. The summed E-state index contributed by atoms with van der Waals surface area (Å²) in [6.45, 7) is 0.